The summed E-state index contributed by atoms with van der Waals surface area (Å²) in [5, 5.41) is 10.4. The van der Waals surface area contributed by atoms with Crippen molar-refractivity contribution < 1.29 is 4.79 Å². The summed E-state index contributed by atoms with van der Waals surface area (Å²) < 4.78 is 0. The summed E-state index contributed by atoms with van der Waals surface area (Å²) in [5.41, 5.74) is 5.05. The average Bonchev–Trinajstić information content (AvgIpc) is 3.28. The fourth-order valence-electron chi connectivity index (χ4n) is 3.18. The Labute approximate surface area is 186 Å². The molecule has 0 saturated heterocycles. The largest absolute Gasteiger partial charge is 0.325 e. The van der Waals surface area contributed by atoms with Crippen molar-refractivity contribution in [1.29, 1.82) is 0 Å². The number of anilines is 1. The lowest BCUT2D eigenvalue weighted by Crippen LogP contribution is -2.19. The fraction of sp³-hybridized carbons (Fsp3) is 0.160. The molecule has 1 amide bonds. The van der Waals surface area contributed by atoms with Crippen LogP contribution >= 0.6 is 11.8 Å². The van der Waals surface area contributed by atoms with Gasteiger partial charge in [-0.2, -0.15) is 0 Å². The summed E-state index contributed by atoms with van der Waals surface area (Å²) in [6, 6.07) is 25.7. The molecule has 4 aromatic rings. The second-order valence-corrected chi connectivity index (χ2v) is 8.35. The van der Waals surface area contributed by atoms with Crippen molar-refractivity contribution >= 4 is 23.4 Å². The van der Waals surface area contributed by atoms with E-state index in [0.29, 0.717) is 11.0 Å². The molecule has 0 aliphatic heterocycles. The number of amides is 1. The standard InChI is InChI=1S/C25H24N4OS/c1-3-18-11-13-20(14-12-18)23-27-25(29-28-23)31-22(19-7-5-4-6-8-19)24(30)26-21-15-9-17(2)10-16-21/h4-16,22H,3H2,1-2H3,(H,26,30)(H,27,28,29). The van der Waals surface area contributed by atoms with Gasteiger partial charge in [0, 0.05) is 11.3 Å². The number of nitrogens with one attached hydrogen (secondary N) is 2. The van der Waals surface area contributed by atoms with E-state index in [1.165, 1.54) is 17.3 Å². The minimum atomic E-state index is -0.478. The lowest BCUT2D eigenvalue weighted by atomic mass is 10.1. The number of aromatic nitrogens is 3. The van der Waals surface area contributed by atoms with Crippen LogP contribution in [0.15, 0.2) is 84.0 Å². The van der Waals surface area contributed by atoms with Gasteiger partial charge < -0.3 is 5.32 Å². The minimum absolute atomic E-state index is 0.112. The van der Waals surface area contributed by atoms with E-state index in [0.717, 1.165) is 28.8 Å². The number of aromatic amines is 1. The first kappa shape index (κ1) is 20.9. The number of thioether (sulfide) groups is 1. The second-order valence-electron chi connectivity index (χ2n) is 7.28. The Kier molecular flexibility index (Phi) is 6.48. The van der Waals surface area contributed by atoms with E-state index in [1.54, 1.807) is 0 Å². The van der Waals surface area contributed by atoms with Gasteiger partial charge in [-0.1, -0.05) is 91.0 Å². The van der Waals surface area contributed by atoms with Gasteiger partial charge in [-0.3, -0.25) is 9.89 Å². The zero-order chi connectivity index (χ0) is 21.6. The number of nitrogens with zero attached hydrogens (tertiary/aromatic N) is 2. The Balaban J connectivity index is 1.55. The Morgan fingerprint density at radius 2 is 1.71 bits per heavy atom. The number of carbonyl (C=O) groups is 1. The predicted molar refractivity (Wildman–Crippen MR) is 126 cm³/mol. The van der Waals surface area contributed by atoms with Crippen LogP contribution in [0.3, 0.4) is 0 Å². The molecule has 4 rings (SSSR count). The Morgan fingerprint density at radius 3 is 2.39 bits per heavy atom. The van der Waals surface area contributed by atoms with Crippen LogP contribution in [0.25, 0.3) is 11.4 Å². The van der Waals surface area contributed by atoms with Gasteiger partial charge >= 0.3 is 0 Å². The van der Waals surface area contributed by atoms with Crippen molar-refractivity contribution in [2.24, 2.45) is 0 Å². The molecule has 0 aliphatic rings. The number of hydrogen-bond donors (Lipinski definition) is 2. The van der Waals surface area contributed by atoms with Gasteiger partial charge in [-0.05, 0) is 36.6 Å². The van der Waals surface area contributed by atoms with Gasteiger partial charge in [-0.25, -0.2) is 4.98 Å². The van der Waals surface area contributed by atoms with E-state index < -0.39 is 5.25 Å². The number of aryl methyl sites for hydroxylation is 2. The Bertz CT molecular complexity index is 1140. The SMILES string of the molecule is CCc1ccc(-c2nc(SC(C(=O)Nc3ccc(C)cc3)c3ccccc3)n[nH]2)cc1. The molecule has 0 bridgehead atoms. The molecule has 0 fully saturated rings. The van der Waals surface area contributed by atoms with E-state index >= 15 is 0 Å². The van der Waals surface area contributed by atoms with Gasteiger partial charge in [0.25, 0.3) is 0 Å². The van der Waals surface area contributed by atoms with Gasteiger partial charge in [0.05, 0.1) is 0 Å². The first-order valence-electron chi connectivity index (χ1n) is 10.2. The minimum Gasteiger partial charge on any atom is -0.325 e. The maximum Gasteiger partial charge on any atom is 0.242 e. The zero-order valence-electron chi connectivity index (χ0n) is 17.5. The van der Waals surface area contributed by atoms with Crippen LogP contribution in [0.5, 0.6) is 0 Å². The quantitative estimate of drug-likeness (QED) is 0.364. The molecular formula is C25H24N4OS. The Morgan fingerprint density at radius 1 is 1.00 bits per heavy atom. The van der Waals surface area contributed by atoms with E-state index in [9.17, 15) is 4.79 Å². The highest BCUT2D eigenvalue weighted by Crippen LogP contribution is 2.35. The molecule has 156 valence electrons. The van der Waals surface area contributed by atoms with Crippen LogP contribution in [0, 0.1) is 6.92 Å². The molecule has 6 heteroatoms. The third-order valence-electron chi connectivity index (χ3n) is 4.98. The van der Waals surface area contributed by atoms with Crippen molar-refractivity contribution in [3.63, 3.8) is 0 Å². The summed E-state index contributed by atoms with van der Waals surface area (Å²) in [5.74, 6) is 0.578. The molecule has 1 heterocycles. The number of carbonyl (C=O) groups excluding carboxylic acids is 1. The highest BCUT2D eigenvalue weighted by Gasteiger charge is 2.24. The van der Waals surface area contributed by atoms with Crippen LogP contribution in [0.2, 0.25) is 0 Å². The number of benzene rings is 3. The topological polar surface area (TPSA) is 70.7 Å². The van der Waals surface area contributed by atoms with Gasteiger partial charge in [0.2, 0.25) is 11.1 Å². The molecule has 2 N–H and O–H groups in total. The Hall–Kier alpha value is -3.38. The van der Waals surface area contributed by atoms with Crippen LogP contribution in [0.1, 0.15) is 28.9 Å². The fourth-order valence-corrected chi connectivity index (χ4v) is 4.09. The van der Waals surface area contributed by atoms with Crippen molar-refractivity contribution in [2.45, 2.75) is 30.7 Å². The highest BCUT2D eigenvalue weighted by atomic mass is 32.2. The number of rotatable bonds is 7. The molecule has 31 heavy (non-hydrogen) atoms. The van der Waals surface area contributed by atoms with Crippen LogP contribution < -0.4 is 5.32 Å². The van der Waals surface area contributed by atoms with E-state index in [2.05, 4.69) is 39.6 Å². The number of H-pyrrole nitrogens is 1. The van der Waals surface area contributed by atoms with Crippen molar-refractivity contribution in [3.05, 3.63) is 95.6 Å². The molecule has 1 atom stereocenters. The van der Waals surface area contributed by atoms with E-state index in [-0.39, 0.29) is 5.91 Å². The first-order chi connectivity index (χ1) is 15.1. The molecule has 0 saturated carbocycles. The molecule has 0 aliphatic carbocycles. The lowest BCUT2D eigenvalue weighted by Gasteiger charge is -2.15. The molecule has 1 aromatic heterocycles. The van der Waals surface area contributed by atoms with Gasteiger partial charge in [0.15, 0.2) is 5.82 Å². The van der Waals surface area contributed by atoms with Crippen LogP contribution in [-0.4, -0.2) is 21.1 Å². The monoisotopic (exact) mass is 428 g/mol. The van der Waals surface area contributed by atoms with Crippen molar-refractivity contribution in [2.75, 3.05) is 5.32 Å². The maximum atomic E-state index is 13.2. The third kappa shape index (κ3) is 5.22. The van der Waals surface area contributed by atoms with Crippen molar-refractivity contribution in [3.8, 4) is 11.4 Å². The summed E-state index contributed by atoms with van der Waals surface area (Å²) in [6.07, 6.45) is 0.993. The van der Waals surface area contributed by atoms with E-state index in [1.807, 2.05) is 73.7 Å². The molecule has 1 unspecified atom stereocenters. The normalized spacial score (nSPS) is 11.8. The summed E-state index contributed by atoms with van der Waals surface area (Å²) in [7, 11) is 0. The first-order valence-corrected chi connectivity index (χ1v) is 11.1. The van der Waals surface area contributed by atoms with Crippen LogP contribution in [0.4, 0.5) is 5.69 Å². The summed E-state index contributed by atoms with van der Waals surface area (Å²) in [4.78, 5) is 17.8. The number of hydrogen-bond acceptors (Lipinski definition) is 4. The summed E-state index contributed by atoms with van der Waals surface area (Å²) in [6.45, 7) is 4.15. The third-order valence-corrected chi connectivity index (χ3v) is 6.10. The van der Waals surface area contributed by atoms with Crippen molar-refractivity contribution in [1.82, 2.24) is 15.2 Å². The second kappa shape index (κ2) is 9.62. The molecule has 3 aromatic carbocycles. The van der Waals surface area contributed by atoms with Gasteiger partial charge in [0.1, 0.15) is 5.25 Å². The van der Waals surface area contributed by atoms with Gasteiger partial charge in [-0.15, -0.1) is 5.10 Å². The predicted octanol–water partition coefficient (Wildman–Crippen LogP) is 5.81. The summed E-state index contributed by atoms with van der Waals surface area (Å²) >= 11 is 1.33. The zero-order valence-corrected chi connectivity index (χ0v) is 18.3. The van der Waals surface area contributed by atoms with E-state index in [4.69, 9.17) is 0 Å². The molecule has 0 radical (unpaired) electrons. The molecule has 5 nitrogen and oxygen atoms in total. The molecule has 0 spiro atoms. The average molecular weight is 429 g/mol. The highest BCUT2D eigenvalue weighted by molar-refractivity contribution is 8.00. The maximum absolute atomic E-state index is 13.2. The molecular weight excluding hydrogens is 404 g/mol. The smallest absolute Gasteiger partial charge is 0.242 e. The van der Waals surface area contributed by atoms with Crippen LogP contribution in [-0.2, 0) is 11.2 Å². The lowest BCUT2D eigenvalue weighted by molar-refractivity contribution is -0.115.